The van der Waals surface area contributed by atoms with E-state index in [9.17, 15) is 9.90 Å². The minimum atomic E-state index is -1.19. The maximum Gasteiger partial charge on any atom is 0.427 e. The van der Waals surface area contributed by atoms with Crippen molar-refractivity contribution in [3.63, 3.8) is 0 Å². The number of ether oxygens (including phenoxy) is 1. The highest BCUT2D eigenvalue weighted by molar-refractivity contribution is 5.68. The van der Waals surface area contributed by atoms with Crippen molar-refractivity contribution in [1.82, 2.24) is 10.0 Å². The molecule has 5 nitrogen and oxygen atoms in total. The van der Waals surface area contributed by atoms with Gasteiger partial charge in [0.25, 0.3) is 6.41 Å². The van der Waals surface area contributed by atoms with Gasteiger partial charge < -0.3 is 9.84 Å². The van der Waals surface area contributed by atoms with E-state index in [0.29, 0.717) is 6.54 Å². The third-order valence-electron chi connectivity index (χ3n) is 2.30. The van der Waals surface area contributed by atoms with E-state index in [0.717, 1.165) is 5.56 Å². The normalized spacial score (nSPS) is 21.9. The van der Waals surface area contributed by atoms with Crippen molar-refractivity contribution in [3.8, 4) is 0 Å². The van der Waals surface area contributed by atoms with Crippen LogP contribution >= 0.6 is 0 Å². The van der Waals surface area contributed by atoms with E-state index in [2.05, 4.69) is 4.74 Å². The fraction of sp³-hybridized carbons (Fsp3) is 0.300. The van der Waals surface area contributed by atoms with Gasteiger partial charge in [-0.1, -0.05) is 30.3 Å². The quantitative estimate of drug-likeness (QED) is 0.779. The molecule has 15 heavy (non-hydrogen) atoms. The SMILES string of the molecule is CN1C(=O)OC(O)N1Cc1ccccc1. The topological polar surface area (TPSA) is 53.0 Å². The van der Waals surface area contributed by atoms with Gasteiger partial charge in [0.05, 0.1) is 0 Å². The maximum atomic E-state index is 11.1. The molecule has 80 valence electrons. The van der Waals surface area contributed by atoms with Crippen LogP contribution in [0.3, 0.4) is 0 Å². The zero-order chi connectivity index (χ0) is 10.8. The zero-order valence-corrected chi connectivity index (χ0v) is 8.33. The molecule has 1 fully saturated rings. The molecule has 0 spiro atoms. The molecule has 1 heterocycles. The molecule has 2 rings (SSSR count). The molecule has 1 N–H and O–H groups in total. The Hall–Kier alpha value is -1.59. The summed E-state index contributed by atoms with van der Waals surface area (Å²) in [5, 5.41) is 12.1. The third-order valence-corrected chi connectivity index (χ3v) is 2.30. The Morgan fingerprint density at radius 2 is 2.07 bits per heavy atom. The van der Waals surface area contributed by atoms with Crippen LogP contribution in [-0.2, 0) is 11.3 Å². The lowest BCUT2D eigenvalue weighted by Crippen LogP contribution is -2.38. The van der Waals surface area contributed by atoms with Gasteiger partial charge in [-0.3, -0.25) is 0 Å². The molecule has 0 radical (unpaired) electrons. The number of hydrogen-bond donors (Lipinski definition) is 1. The van der Waals surface area contributed by atoms with Crippen LogP contribution in [0.15, 0.2) is 30.3 Å². The molecule has 1 aromatic rings. The van der Waals surface area contributed by atoms with Gasteiger partial charge >= 0.3 is 6.09 Å². The Kier molecular flexibility index (Phi) is 2.57. The van der Waals surface area contributed by atoms with Gasteiger partial charge in [-0.25, -0.2) is 9.80 Å². The lowest BCUT2D eigenvalue weighted by molar-refractivity contribution is -0.153. The minimum absolute atomic E-state index is 0.435. The lowest BCUT2D eigenvalue weighted by atomic mass is 10.2. The van der Waals surface area contributed by atoms with Crippen LogP contribution < -0.4 is 0 Å². The highest BCUT2D eigenvalue weighted by Crippen LogP contribution is 2.17. The summed E-state index contributed by atoms with van der Waals surface area (Å²) in [5.41, 5.74) is 1.00. The highest BCUT2D eigenvalue weighted by atomic mass is 16.7. The van der Waals surface area contributed by atoms with Crippen LogP contribution in [0.25, 0.3) is 0 Å². The molecule has 0 aliphatic carbocycles. The van der Waals surface area contributed by atoms with E-state index >= 15 is 0 Å². The number of aliphatic hydroxyl groups is 1. The zero-order valence-electron chi connectivity index (χ0n) is 8.33. The van der Waals surface area contributed by atoms with Gasteiger partial charge in [-0.2, -0.15) is 0 Å². The fourth-order valence-electron chi connectivity index (χ4n) is 1.43. The second-order valence-electron chi connectivity index (χ2n) is 3.32. The molecule has 1 amide bonds. The van der Waals surface area contributed by atoms with Crippen molar-refractivity contribution in [2.45, 2.75) is 13.0 Å². The Morgan fingerprint density at radius 3 is 2.60 bits per heavy atom. The summed E-state index contributed by atoms with van der Waals surface area (Å²) in [4.78, 5) is 11.1. The molecule has 1 unspecified atom stereocenters. The number of benzene rings is 1. The second-order valence-corrected chi connectivity index (χ2v) is 3.32. The number of carbonyl (C=O) groups is 1. The Bertz CT molecular complexity index is 355. The summed E-state index contributed by atoms with van der Waals surface area (Å²) in [6.45, 7) is 0.435. The van der Waals surface area contributed by atoms with E-state index in [1.54, 1.807) is 7.05 Å². The summed E-state index contributed by atoms with van der Waals surface area (Å²) in [6, 6.07) is 9.56. The van der Waals surface area contributed by atoms with E-state index in [4.69, 9.17) is 0 Å². The number of carbonyl (C=O) groups excluding carboxylic acids is 1. The summed E-state index contributed by atoms with van der Waals surface area (Å²) < 4.78 is 4.63. The first-order chi connectivity index (χ1) is 7.18. The first-order valence-electron chi connectivity index (χ1n) is 4.61. The molecule has 1 atom stereocenters. The van der Waals surface area contributed by atoms with Crippen molar-refractivity contribution in [3.05, 3.63) is 35.9 Å². The summed E-state index contributed by atoms with van der Waals surface area (Å²) in [7, 11) is 1.56. The van der Waals surface area contributed by atoms with Crippen LogP contribution in [0.4, 0.5) is 4.79 Å². The van der Waals surface area contributed by atoms with Gasteiger partial charge in [0.2, 0.25) is 0 Å². The smallest absolute Gasteiger partial charge is 0.402 e. The average molecular weight is 208 g/mol. The van der Waals surface area contributed by atoms with Crippen molar-refractivity contribution < 1.29 is 14.6 Å². The number of amides is 1. The van der Waals surface area contributed by atoms with Crippen LogP contribution in [0.2, 0.25) is 0 Å². The molecular formula is C10H12N2O3. The first-order valence-corrected chi connectivity index (χ1v) is 4.61. The predicted molar refractivity (Wildman–Crippen MR) is 52.2 cm³/mol. The van der Waals surface area contributed by atoms with E-state index in [1.165, 1.54) is 10.0 Å². The van der Waals surface area contributed by atoms with E-state index in [-0.39, 0.29) is 0 Å². The molecule has 1 aromatic carbocycles. The number of cyclic esters (lactones) is 1. The van der Waals surface area contributed by atoms with Crippen molar-refractivity contribution in [1.29, 1.82) is 0 Å². The Balaban J connectivity index is 2.09. The number of hydrogen-bond acceptors (Lipinski definition) is 4. The molecule has 1 aliphatic rings. The van der Waals surface area contributed by atoms with Crippen LogP contribution in [0.5, 0.6) is 0 Å². The molecule has 5 heteroatoms. The van der Waals surface area contributed by atoms with Crippen LogP contribution in [0, 0.1) is 0 Å². The largest absolute Gasteiger partial charge is 0.427 e. The molecule has 0 bridgehead atoms. The van der Waals surface area contributed by atoms with Gasteiger partial charge in [0.15, 0.2) is 0 Å². The van der Waals surface area contributed by atoms with Gasteiger partial charge in [-0.15, -0.1) is 5.01 Å². The number of nitrogens with zero attached hydrogens (tertiary/aromatic N) is 2. The summed E-state index contributed by atoms with van der Waals surface area (Å²) in [5.74, 6) is 0. The molecule has 0 aromatic heterocycles. The average Bonchev–Trinajstić information content (AvgIpc) is 2.47. The molecular weight excluding hydrogens is 196 g/mol. The lowest BCUT2D eigenvalue weighted by Gasteiger charge is -2.22. The highest BCUT2D eigenvalue weighted by Gasteiger charge is 2.35. The monoisotopic (exact) mass is 208 g/mol. The molecule has 1 saturated heterocycles. The summed E-state index contributed by atoms with van der Waals surface area (Å²) >= 11 is 0. The van der Waals surface area contributed by atoms with E-state index < -0.39 is 12.5 Å². The fourth-order valence-corrected chi connectivity index (χ4v) is 1.43. The number of aliphatic hydroxyl groups excluding tert-OH is 1. The third kappa shape index (κ3) is 1.93. The number of rotatable bonds is 2. The maximum absolute atomic E-state index is 11.1. The Labute approximate surface area is 87.4 Å². The van der Waals surface area contributed by atoms with Crippen LogP contribution in [0.1, 0.15) is 5.56 Å². The standard InChI is InChI=1S/C10H12N2O3/c1-11-9(13)15-10(14)12(11)7-8-5-3-2-4-6-8/h2-6,10,14H,7H2,1H3. The Morgan fingerprint density at radius 1 is 1.40 bits per heavy atom. The van der Waals surface area contributed by atoms with Gasteiger partial charge in [0.1, 0.15) is 0 Å². The van der Waals surface area contributed by atoms with Crippen molar-refractivity contribution >= 4 is 6.09 Å². The predicted octanol–water partition coefficient (Wildman–Crippen LogP) is 0.762. The van der Waals surface area contributed by atoms with Gasteiger partial charge in [-0.05, 0) is 5.56 Å². The second kappa shape index (κ2) is 3.88. The minimum Gasteiger partial charge on any atom is -0.402 e. The van der Waals surface area contributed by atoms with Crippen LogP contribution in [-0.4, -0.2) is 34.7 Å². The van der Waals surface area contributed by atoms with Crippen molar-refractivity contribution in [2.24, 2.45) is 0 Å². The number of hydrazine groups is 1. The van der Waals surface area contributed by atoms with Gasteiger partial charge in [0, 0.05) is 13.6 Å². The van der Waals surface area contributed by atoms with Crippen molar-refractivity contribution in [2.75, 3.05) is 7.05 Å². The molecule has 1 aliphatic heterocycles. The summed E-state index contributed by atoms with van der Waals surface area (Å²) in [6.07, 6.45) is -1.74. The first kappa shape index (κ1) is 9.95. The molecule has 0 saturated carbocycles. The van der Waals surface area contributed by atoms with E-state index in [1.807, 2.05) is 30.3 Å².